The van der Waals surface area contributed by atoms with Gasteiger partial charge in [0.15, 0.2) is 0 Å². The SMILES string of the molecule is COC(=O)c1c(N)cc(C(F)F)nc1Cl. The fourth-order valence-corrected chi connectivity index (χ4v) is 1.25. The Labute approximate surface area is 89.0 Å². The molecule has 0 aliphatic rings. The monoisotopic (exact) mass is 236 g/mol. The number of pyridine rings is 1. The number of hydrogen-bond acceptors (Lipinski definition) is 4. The van der Waals surface area contributed by atoms with Gasteiger partial charge >= 0.3 is 5.97 Å². The number of carbonyl (C=O) groups excluding carboxylic acids is 1. The standard InChI is InChI=1S/C8H7ClF2N2O2/c1-15-8(14)5-3(12)2-4(7(10)11)13-6(5)9/h2,7H,1H3,(H2,12,13). The van der Waals surface area contributed by atoms with Crippen LogP contribution in [0, 0.1) is 0 Å². The molecule has 7 heteroatoms. The number of aromatic nitrogens is 1. The topological polar surface area (TPSA) is 65.2 Å². The Bertz CT molecular complexity index is 375. The first-order valence-corrected chi connectivity index (χ1v) is 4.17. The zero-order valence-electron chi connectivity index (χ0n) is 7.63. The highest BCUT2D eigenvalue weighted by Gasteiger charge is 2.20. The van der Waals surface area contributed by atoms with Gasteiger partial charge in [-0.1, -0.05) is 11.6 Å². The number of nitrogens with zero attached hydrogens (tertiary/aromatic N) is 1. The van der Waals surface area contributed by atoms with Crippen LogP contribution in [-0.4, -0.2) is 18.1 Å². The Balaban J connectivity index is 3.27. The van der Waals surface area contributed by atoms with Crippen molar-refractivity contribution in [3.63, 3.8) is 0 Å². The summed E-state index contributed by atoms with van der Waals surface area (Å²) in [5, 5.41) is -0.392. The van der Waals surface area contributed by atoms with Crippen LogP contribution >= 0.6 is 11.6 Å². The van der Waals surface area contributed by atoms with E-state index in [0.717, 1.165) is 13.2 Å². The number of alkyl halides is 2. The zero-order chi connectivity index (χ0) is 11.6. The van der Waals surface area contributed by atoms with Crippen LogP contribution in [0.3, 0.4) is 0 Å². The van der Waals surface area contributed by atoms with Crippen LogP contribution in [0.2, 0.25) is 5.15 Å². The summed E-state index contributed by atoms with van der Waals surface area (Å²) >= 11 is 5.53. The number of halogens is 3. The van der Waals surface area contributed by atoms with E-state index in [1.807, 2.05) is 0 Å². The number of anilines is 1. The van der Waals surface area contributed by atoms with Gasteiger partial charge in [0.2, 0.25) is 0 Å². The highest BCUT2D eigenvalue weighted by molar-refractivity contribution is 6.33. The van der Waals surface area contributed by atoms with Crippen molar-refractivity contribution in [2.24, 2.45) is 0 Å². The molecule has 0 radical (unpaired) electrons. The second-order valence-electron chi connectivity index (χ2n) is 2.59. The van der Waals surface area contributed by atoms with Gasteiger partial charge in [-0.3, -0.25) is 0 Å². The van der Waals surface area contributed by atoms with Crippen LogP contribution in [0.1, 0.15) is 22.5 Å². The molecule has 1 aromatic rings. The summed E-state index contributed by atoms with van der Waals surface area (Å²) in [5.41, 5.74) is 4.41. The Kier molecular flexibility index (Phi) is 3.41. The first-order chi connectivity index (χ1) is 6.97. The van der Waals surface area contributed by atoms with Gasteiger partial charge in [-0.25, -0.2) is 18.6 Å². The summed E-state index contributed by atoms with van der Waals surface area (Å²) < 4.78 is 28.9. The molecule has 0 aliphatic carbocycles. The summed E-state index contributed by atoms with van der Waals surface area (Å²) in [6, 6.07) is 0.892. The van der Waals surface area contributed by atoms with Gasteiger partial charge in [-0.15, -0.1) is 0 Å². The summed E-state index contributed by atoms with van der Waals surface area (Å²) in [5.74, 6) is -0.814. The molecule has 0 saturated carbocycles. The molecule has 0 amide bonds. The van der Waals surface area contributed by atoms with Crippen LogP contribution in [0.25, 0.3) is 0 Å². The van der Waals surface area contributed by atoms with Crippen molar-refractivity contribution >= 4 is 23.3 Å². The van der Waals surface area contributed by atoms with Gasteiger partial charge in [-0.2, -0.15) is 0 Å². The summed E-state index contributed by atoms with van der Waals surface area (Å²) in [6.45, 7) is 0. The van der Waals surface area contributed by atoms with Crippen molar-refractivity contribution in [3.05, 3.63) is 22.5 Å². The number of ether oxygens (including phenoxy) is 1. The number of nitrogen functional groups attached to an aromatic ring is 1. The molecule has 1 aromatic heterocycles. The smallest absolute Gasteiger partial charge is 0.343 e. The molecule has 1 heterocycles. The van der Waals surface area contributed by atoms with E-state index in [-0.39, 0.29) is 11.3 Å². The van der Waals surface area contributed by atoms with E-state index >= 15 is 0 Å². The van der Waals surface area contributed by atoms with E-state index < -0.39 is 23.2 Å². The third-order valence-corrected chi connectivity index (χ3v) is 1.91. The van der Waals surface area contributed by atoms with E-state index in [4.69, 9.17) is 17.3 Å². The van der Waals surface area contributed by atoms with E-state index in [1.54, 1.807) is 0 Å². The molecule has 0 bridgehead atoms. The lowest BCUT2D eigenvalue weighted by Gasteiger charge is -2.07. The van der Waals surface area contributed by atoms with Gasteiger partial charge in [0, 0.05) is 0 Å². The maximum Gasteiger partial charge on any atom is 0.343 e. The molecule has 0 atom stereocenters. The highest BCUT2D eigenvalue weighted by Crippen LogP contribution is 2.26. The molecule has 15 heavy (non-hydrogen) atoms. The Hall–Kier alpha value is -1.43. The lowest BCUT2D eigenvalue weighted by atomic mass is 10.2. The maximum atomic E-state index is 12.2. The third kappa shape index (κ3) is 2.33. The Morgan fingerprint density at radius 2 is 2.27 bits per heavy atom. The Morgan fingerprint density at radius 3 is 2.67 bits per heavy atom. The van der Waals surface area contributed by atoms with Gasteiger partial charge < -0.3 is 10.5 Å². The van der Waals surface area contributed by atoms with Crippen molar-refractivity contribution < 1.29 is 18.3 Å². The van der Waals surface area contributed by atoms with E-state index in [9.17, 15) is 13.6 Å². The lowest BCUT2D eigenvalue weighted by molar-refractivity contribution is 0.0601. The van der Waals surface area contributed by atoms with Crippen LogP contribution in [0.15, 0.2) is 6.07 Å². The van der Waals surface area contributed by atoms with Gasteiger partial charge in [0.05, 0.1) is 12.8 Å². The normalized spacial score (nSPS) is 10.5. The lowest BCUT2D eigenvalue weighted by Crippen LogP contribution is -2.09. The zero-order valence-corrected chi connectivity index (χ0v) is 8.39. The van der Waals surface area contributed by atoms with E-state index in [0.29, 0.717) is 0 Å². The third-order valence-electron chi connectivity index (χ3n) is 1.64. The van der Waals surface area contributed by atoms with Crippen LogP contribution < -0.4 is 5.73 Å². The van der Waals surface area contributed by atoms with Gasteiger partial charge in [0.1, 0.15) is 16.4 Å². The van der Waals surface area contributed by atoms with Crippen molar-refractivity contribution in [2.75, 3.05) is 12.8 Å². The predicted molar refractivity (Wildman–Crippen MR) is 50.0 cm³/mol. The molecule has 82 valence electrons. The fraction of sp³-hybridized carbons (Fsp3) is 0.250. The molecule has 0 aliphatic heterocycles. The molecule has 0 aromatic carbocycles. The average molecular weight is 237 g/mol. The number of rotatable bonds is 2. The maximum absolute atomic E-state index is 12.2. The molecule has 0 spiro atoms. The molecular weight excluding hydrogens is 230 g/mol. The van der Waals surface area contributed by atoms with E-state index in [1.165, 1.54) is 0 Å². The van der Waals surface area contributed by atoms with Crippen molar-refractivity contribution in [2.45, 2.75) is 6.43 Å². The van der Waals surface area contributed by atoms with Gasteiger partial charge in [0.25, 0.3) is 6.43 Å². The number of esters is 1. The first kappa shape index (κ1) is 11.6. The Morgan fingerprint density at radius 1 is 1.67 bits per heavy atom. The van der Waals surface area contributed by atoms with E-state index in [2.05, 4.69) is 9.72 Å². The summed E-state index contributed by atoms with van der Waals surface area (Å²) in [7, 11) is 1.12. The second kappa shape index (κ2) is 4.39. The first-order valence-electron chi connectivity index (χ1n) is 3.79. The average Bonchev–Trinajstić information content (AvgIpc) is 2.16. The molecule has 2 N–H and O–H groups in total. The number of carbonyl (C=O) groups is 1. The molecule has 1 rings (SSSR count). The quantitative estimate of drug-likeness (QED) is 0.630. The minimum atomic E-state index is -2.79. The molecule has 0 fully saturated rings. The predicted octanol–water partition coefficient (Wildman–Crippen LogP) is 2.04. The summed E-state index contributed by atoms with van der Waals surface area (Å²) in [6.07, 6.45) is -2.79. The van der Waals surface area contributed by atoms with Crippen molar-refractivity contribution in [1.29, 1.82) is 0 Å². The summed E-state index contributed by atoms with van der Waals surface area (Å²) in [4.78, 5) is 14.5. The van der Waals surface area contributed by atoms with Crippen molar-refractivity contribution in [3.8, 4) is 0 Å². The molecular formula is C8H7ClF2N2O2. The number of nitrogens with two attached hydrogens (primary N) is 1. The van der Waals surface area contributed by atoms with Crippen LogP contribution in [-0.2, 0) is 4.74 Å². The molecule has 0 unspecified atom stereocenters. The minimum absolute atomic E-state index is 0.183. The van der Waals surface area contributed by atoms with Crippen LogP contribution in [0.4, 0.5) is 14.5 Å². The minimum Gasteiger partial charge on any atom is -0.465 e. The van der Waals surface area contributed by atoms with Crippen LogP contribution in [0.5, 0.6) is 0 Å². The fourth-order valence-electron chi connectivity index (χ4n) is 0.968. The number of methoxy groups -OCH3 is 1. The molecule has 0 saturated heterocycles. The van der Waals surface area contributed by atoms with Gasteiger partial charge in [-0.05, 0) is 6.07 Å². The largest absolute Gasteiger partial charge is 0.465 e. The second-order valence-corrected chi connectivity index (χ2v) is 2.95. The van der Waals surface area contributed by atoms with Crippen molar-refractivity contribution in [1.82, 2.24) is 4.98 Å². The molecule has 4 nitrogen and oxygen atoms in total. The number of hydrogen-bond donors (Lipinski definition) is 1. The highest BCUT2D eigenvalue weighted by atomic mass is 35.5.